The van der Waals surface area contributed by atoms with E-state index in [4.69, 9.17) is 4.74 Å². The van der Waals surface area contributed by atoms with Crippen LogP contribution in [0.2, 0.25) is 0 Å². The topological polar surface area (TPSA) is 82.9 Å². The number of hydrogen-bond acceptors (Lipinski definition) is 6. The van der Waals surface area contributed by atoms with Crippen molar-refractivity contribution in [3.63, 3.8) is 0 Å². The molecule has 3 aromatic rings. The highest BCUT2D eigenvalue weighted by molar-refractivity contribution is 7.09. The van der Waals surface area contributed by atoms with Gasteiger partial charge in [0.25, 0.3) is 0 Å². The highest BCUT2D eigenvalue weighted by Gasteiger charge is 2.34. The Hall–Kier alpha value is -2.48. The SMILES string of the molecule is COc1ccc2nccc([C@H](O)CC[C@@H]3CCN(CCCc4cccs4)C[C@@H]3C(=O)O)c2c1. The van der Waals surface area contributed by atoms with E-state index in [0.29, 0.717) is 19.4 Å². The predicted octanol–water partition coefficient (Wildman–Crippen LogP) is 4.77. The third-order valence-electron chi connectivity index (χ3n) is 6.79. The fourth-order valence-electron chi connectivity index (χ4n) is 4.92. The smallest absolute Gasteiger partial charge is 0.308 e. The van der Waals surface area contributed by atoms with E-state index in [2.05, 4.69) is 27.4 Å². The lowest BCUT2D eigenvalue weighted by Crippen LogP contribution is -2.44. The molecule has 176 valence electrons. The molecule has 0 radical (unpaired) electrons. The lowest BCUT2D eigenvalue weighted by atomic mass is 9.81. The van der Waals surface area contributed by atoms with Gasteiger partial charge in [0.15, 0.2) is 0 Å². The van der Waals surface area contributed by atoms with E-state index in [1.54, 1.807) is 24.6 Å². The van der Waals surface area contributed by atoms with E-state index in [-0.39, 0.29) is 11.8 Å². The number of ether oxygens (including phenoxy) is 1. The van der Waals surface area contributed by atoms with E-state index in [9.17, 15) is 15.0 Å². The molecule has 2 N–H and O–H groups in total. The average Bonchev–Trinajstić information content (AvgIpc) is 3.35. The van der Waals surface area contributed by atoms with Crippen LogP contribution in [0.4, 0.5) is 0 Å². The Balaban J connectivity index is 1.34. The number of piperidine rings is 1. The summed E-state index contributed by atoms with van der Waals surface area (Å²) in [4.78, 5) is 20.1. The third kappa shape index (κ3) is 5.91. The Labute approximate surface area is 198 Å². The minimum Gasteiger partial charge on any atom is -0.497 e. The van der Waals surface area contributed by atoms with Gasteiger partial charge in [0.2, 0.25) is 0 Å². The summed E-state index contributed by atoms with van der Waals surface area (Å²) in [6, 6.07) is 11.7. The van der Waals surface area contributed by atoms with Gasteiger partial charge >= 0.3 is 5.97 Å². The number of fused-ring (bicyclic) bond motifs is 1. The van der Waals surface area contributed by atoms with E-state index in [1.165, 1.54) is 4.88 Å². The van der Waals surface area contributed by atoms with Crippen molar-refractivity contribution in [2.45, 2.75) is 38.2 Å². The Bertz CT molecular complexity index is 1060. The van der Waals surface area contributed by atoms with Gasteiger partial charge in [-0.1, -0.05) is 6.07 Å². The predicted molar refractivity (Wildman–Crippen MR) is 131 cm³/mol. The molecule has 3 atom stereocenters. The Morgan fingerprint density at radius 2 is 2.21 bits per heavy atom. The molecule has 3 heterocycles. The van der Waals surface area contributed by atoms with Crippen LogP contribution in [0.1, 0.15) is 42.2 Å². The summed E-state index contributed by atoms with van der Waals surface area (Å²) in [7, 11) is 1.62. The van der Waals surface area contributed by atoms with Crippen LogP contribution in [0.3, 0.4) is 0 Å². The second-order valence-corrected chi connectivity index (χ2v) is 9.89. The molecule has 2 aromatic heterocycles. The maximum absolute atomic E-state index is 12.0. The molecule has 4 rings (SSSR count). The van der Waals surface area contributed by atoms with Crippen LogP contribution in [0.15, 0.2) is 48.0 Å². The summed E-state index contributed by atoms with van der Waals surface area (Å²) in [6.45, 7) is 2.45. The molecule has 1 saturated heterocycles. The summed E-state index contributed by atoms with van der Waals surface area (Å²) in [5.41, 5.74) is 1.63. The van der Waals surface area contributed by atoms with Gasteiger partial charge in [-0.05, 0) is 92.4 Å². The number of benzene rings is 1. The quantitative estimate of drug-likeness (QED) is 0.446. The summed E-state index contributed by atoms with van der Waals surface area (Å²) >= 11 is 1.78. The maximum atomic E-state index is 12.0. The summed E-state index contributed by atoms with van der Waals surface area (Å²) < 4.78 is 5.33. The molecular weight excluding hydrogens is 436 g/mol. The van der Waals surface area contributed by atoms with Crippen LogP contribution < -0.4 is 4.74 Å². The number of aliphatic hydroxyl groups excluding tert-OH is 1. The molecule has 7 heteroatoms. The van der Waals surface area contributed by atoms with Gasteiger partial charge in [-0.3, -0.25) is 9.78 Å². The molecule has 0 aliphatic carbocycles. The molecule has 33 heavy (non-hydrogen) atoms. The number of carboxylic acids is 1. The van der Waals surface area contributed by atoms with Crippen LogP contribution in [0.5, 0.6) is 5.75 Å². The molecule has 1 aliphatic rings. The van der Waals surface area contributed by atoms with Crippen molar-refractivity contribution in [1.29, 1.82) is 0 Å². The maximum Gasteiger partial charge on any atom is 0.308 e. The van der Waals surface area contributed by atoms with Crippen molar-refractivity contribution in [3.8, 4) is 5.75 Å². The third-order valence-corrected chi connectivity index (χ3v) is 7.72. The number of aromatic nitrogens is 1. The second-order valence-electron chi connectivity index (χ2n) is 8.85. The molecule has 0 unspecified atom stereocenters. The van der Waals surface area contributed by atoms with Gasteiger partial charge in [-0.15, -0.1) is 11.3 Å². The van der Waals surface area contributed by atoms with E-state index in [0.717, 1.165) is 54.6 Å². The number of hydrogen-bond donors (Lipinski definition) is 2. The Morgan fingerprint density at radius 1 is 1.33 bits per heavy atom. The van der Waals surface area contributed by atoms with Crippen LogP contribution in [-0.2, 0) is 11.2 Å². The van der Waals surface area contributed by atoms with Gasteiger partial charge in [0, 0.05) is 23.0 Å². The average molecular weight is 469 g/mol. The minimum absolute atomic E-state index is 0.0772. The monoisotopic (exact) mass is 468 g/mol. The number of carboxylic acid groups (broad SMARTS) is 1. The fraction of sp³-hybridized carbons (Fsp3) is 0.462. The molecule has 0 amide bonds. The van der Waals surface area contributed by atoms with Crippen LogP contribution in [0, 0.1) is 11.8 Å². The number of aliphatic carboxylic acids is 1. The first-order valence-electron chi connectivity index (χ1n) is 11.6. The normalized spacial score (nSPS) is 20.1. The molecule has 0 spiro atoms. The zero-order valence-electron chi connectivity index (χ0n) is 19.0. The van der Waals surface area contributed by atoms with Gasteiger partial charge in [0.1, 0.15) is 5.75 Å². The number of methoxy groups -OCH3 is 1. The Morgan fingerprint density at radius 3 is 2.97 bits per heavy atom. The first-order valence-corrected chi connectivity index (χ1v) is 12.5. The molecule has 1 aliphatic heterocycles. The summed E-state index contributed by atoms with van der Waals surface area (Å²) in [5, 5.41) is 23.8. The highest BCUT2D eigenvalue weighted by atomic mass is 32.1. The van der Waals surface area contributed by atoms with Crippen LogP contribution >= 0.6 is 11.3 Å². The largest absolute Gasteiger partial charge is 0.497 e. The molecule has 6 nitrogen and oxygen atoms in total. The Kier molecular flexibility index (Phi) is 7.96. The van der Waals surface area contributed by atoms with Gasteiger partial charge in [-0.2, -0.15) is 0 Å². The van der Waals surface area contributed by atoms with Crippen molar-refractivity contribution >= 4 is 28.2 Å². The van der Waals surface area contributed by atoms with Gasteiger partial charge < -0.3 is 19.8 Å². The molecular formula is C26H32N2O4S. The zero-order chi connectivity index (χ0) is 23.2. The van der Waals surface area contributed by atoms with E-state index in [1.807, 2.05) is 24.3 Å². The molecule has 1 fully saturated rings. The molecule has 0 saturated carbocycles. The first-order chi connectivity index (χ1) is 16.0. The van der Waals surface area contributed by atoms with Crippen molar-refractivity contribution in [2.75, 3.05) is 26.7 Å². The number of pyridine rings is 1. The number of thiophene rings is 1. The number of aryl methyl sites for hydroxylation is 1. The van der Waals surface area contributed by atoms with Crippen LogP contribution in [-0.4, -0.2) is 52.8 Å². The first kappa shape index (κ1) is 23.7. The standard InChI is InChI=1S/C26H32N2O4S/c1-32-19-7-8-24-22(16-19)21(10-12-27-24)25(29)9-6-18-11-14-28(17-23(18)26(30)31)13-2-4-20-5-3-15-33-20/h3,5,7-8,10,12,15-16,18,23,25,29H,2,4,6,9,11,13-14,17H2,1H3,(H,30,31)/t18-,23+,25-/m1/s1. The molecule has 0 bridgehead atoms. The van der Waals surface area contributed by atoms with E-state index < -0.39 is 12.1 Å². The number of nitrogens with zero attached hydrogens (tertiary/aromatic N) is 2. The summed E-state index contributed by atoms with van der Waals surface area (Å²) in [5.74, 6) is -0.312. The lowest BCUT2D eigenvalue weighted by molar-refractivity contribution is -0.146. The number of aliphatic hydroxyl groups is 1. The van der Waals surface area contributed by atoms with Crippen molar-refractivity contribution in [1.82, 2.24) is 9.88 Å². The fourth-order valence-corrected chi connectivity index (χ4v) is 5.67. The van der Waals surface area contributed by atoms with Crippen LogP contribution in [0.25, 0.3) is 10.9 Å². The number of rotatable bonds is 10. The van der Waals surface area contributed by atoms with Gasteiger partial charge in [-0.25, -0.2) is 0 Å². The zero-order valence-corrected chi connectivity index (χ0v) is 19.8. The summed E-state index contributed by atoms with van der Waals surface area (Å²) in [6.07, 6.45) is 5.22. The molecule has 1 aromatic carbocycles. The second kappa shape index (κ2) is 11.1. The minimum atomic E-state index is -0.725. The highest BCUT2D eigenvalue weighted by Crippen LogP contribution is 2.33. The van der Waals surface area contributed by atoms with Crippen molar-refractivity contribution in [2.24, 2.45) is 11.8 Å². The van der Waals surface area contributed by atoms with E-state index >= 15 is 0 Å². The number of carbonyl (C=O) groups is 1. The lowest BCUT2D eigenvalue weighted by Gasteiger charge is -2.37. The number of likely N-dealkylation sites (tertiary alicyclic amines) is 1. The van der Waals surface area contributed by atoms with Crippen molar-refractivity contribution < 1.29 is 19.7 Å². The van der Waals surface area contributed by atoms with Gasteiger partial charge in [0.05, 0.1) is 24.6 Å². The van der Waals surface area contributed by atoms with Crippen molar-refractivity contribution in [3.05, 3.63) is 58.4 Å².